The molecule has 2 heteroatoms. The molecular formula is C28H48OS. The van der Waals surface area contributed by atoms with Gasteiger partial charge in [-0.2, -0.15) is 12.6 Å². The predicted octanol–water partition coefficient (Wildman–Crippen LogP) is 9.38. The van der Waals surface area contributed by atoms with Gasteiger partial charge in [-0.3, -0.25) is 4.79 Å². The Kier molecular flexibility index (Phi) is 18.3. The lowest BCUT2D eigenvalue weighted by Gasteiger charge is -2.05. The fraction of sp³-hybridized carbons (Fsp3) is 0.750. The highest BCUT2D eigenvalue weighted by atomic mass is 32.1. The van der Waals surface area contributed by atoms with Crippen LogP contribution >= 0.6 is 12.6 Å². The maximum Gasteiger partial charge on any atom is 0.162 e. The van der Waals surface area contributed by atoms with Crippen LogP contribution in [-0.2, 0) is 6.42 Å². The van der Waals surface area contributed by atoms with Crippen molar-refractivity contribution in [3.63, 3.8) is 0 Å². The summed E-state index contributed by atoms with van der Waals surface area (Å²) in [5.41, 5.74) is 2.28. The zero-order valence-electron chi connectivity index (χ0n) is 19.8. The van der Waals surface area contributed by atoms with E-state index >= 15 is 0 Å². The van der Waals surface area contributed by atoms with Crippen LogP contribution in [0.4, 0.5) is 0 Å². The minimum atomic E-state index is 0.321. The number of thiol groups is 1. The number of unbranched alkanes of at least 4 members (excludes halogenated alkanes) is 15. The quantitative estimate of drug-likeness (QED) is 0.116. The molecule has 1 rings (SSSR count). The zero-order valence-corrected chi connectivity index (χ0v) is 20.7. The Bertz CT molecular complexity index is 508. The number of hydrogen-bond donors (Lipinski definition) is 1. The van der Waals surface area contributed by atoms with Crippen molar-refractivity contribution in [3.8, 4) is 0 Å². The molecule has 0 heterocycles. The van der Waals surface area contributed by atoms with Crippen molar-refractivity contribution in [2.45, 2.75) is 129 Å². The molecule has 0 bridgehead atoms. The highest BCUT2D eigenvalue weighted by Crippen LogP contribution is 2.15. The monoisotopic (exact) mass is 432 g/mol. The van der Waals surface area contributed by atoms with E-state index in [0.29, 0.717) is 12.2 Å². The normalized spacial score (nSPS) is 11.1. The molecule has 0 fully saturated rings. The number of aryl methyl sites for hydroxylation is 1. The van der Waals surface area contributed by atoms with E-state index in [4.69, 9.17) is 0 Å². The van der Waals surface area contributed by atoms with E-state index < -0.39 is 0 Å². The molecular weight excluding hydrogens is 384 g/mol. The first-order valence-corrected chi connectivity index (χ1v) is 13.6. The Balaban J connectivity index is 2.03. The first kappa shape index (κ1) is 27.3. The van der Waals surface area contributed by atoms with Crippen molar-refractivity contribution in [1.29, 1.82) is 0 Å². The minimum absolute atomic E-state index is 0.321. The van der Waals surface area contributed by atoms with Crippen LogP contribution in [0.25, 0.3) is 0 Å². The van der Waals surface area contributed by atoms with Crippen LogP contribution in [0.5, 0.6) is 0 Å². The van der Waals surface area contributed by atoms with Gasteiger partial charge in [0.2, 0.25) is 0 Å². The third-order valence-corrected chi connectivity index (χ3v) is 6.47. The highest BCUT2D eigenvalue weighted by molar-refractivity contribution is 7.80. The third kappa shape index (κ3) is 15.1. The highest BCUT2D eigenvalue weighted by Gasteiger charge is 2.05. The molecule has 0 saturated carbocycles. The van der Waals surface area contributed by atoms with Gasteiger partial charge in [0, 0.05) is 12.0 Å². The van der Waals surface area contributed by atoms with Gasteiger partial charge in [-0.15, -0.1) is 0 Å². The molecule has 30 heavy (non-hydrogen) atoms. The fourth-order valence-corrected chi connectivity index (χ4v) is 4.32. The maximum absolute atomic E-state index is 12.4. The predicted molar refractivity (Wildman–Crippen MR) is 137 cm³/mol. The molecule has 0 spiro atoms. The lowest BCUT2D eigenvalue weighted by Crippen LogP contribution is -1.99. The van der Waals surface area contributed by atoms with Crippen LogP contribution in [0.15, 0.2) is 24.3 Å². The number of carbonyl (C=O) groups is 1. The summed E-state index contributed by atoms with van der Waals surface area (Å²) in [5.74, 6) is 1.36. The molecule has 0 amide bonds. The largest absolute Gasteiger partial charge is 0.294 e. The molecule has 0 aromatic heterocycles. The van der Waals surface area contributed by atoms with Crippen molar-refractivity contribution in [3.05, 3.63) is 35.4 Å². The molecule has 0 radical (unpaired) electrons. The SMILES string of the molecule is CCCCCCCCCCC(=O)c1ccc(CCCCCCCCCCCS)cc1. The van der Waals surface area contributed by atoms with Crippen LogP contribution in [0.2, 0.25) is 0 Å². The average Bonchev–Trinajstić information content (AvgIpc) is 2.77. The molecule has 0 saturated heterocycles. The van der Waals surface area contributed by atoms with Crippen molar-refractivity contribution in [2.24, 2.45) is 0 Å². The van der Waals surface area contributed by atoms with E-state index in [-0.39, 0.29) is 0 Å². The van der Waals surface area contributed by atoms with Crippen molar-refractivity contribution >= 4 is 18.4 Å². The smallest absolute Gasteiger partial charge is 0.162 e. The van der Waals surface area contributed by atoms with Gasteiger partial charge in [-0.25, -0.2) is 0 Å². The number of hydrogen-bond acceptors (Lipinski definition) is 2. The van der Waals surface area contributed by atoms with Gasteiger partial charge >= 0.3 is 0 Å². The summed E-state index contributed by atoms with van der Waals surface area (Å²) >= 11 is 4.26. The third-order valence-electron chi connectivity index (χ3n) is 6.16. The molecule has 0 aliphatic carbocycles. The van der Waals surface area contributed by atoms with E-state index in [0.717, 1.165) is 24.2 Å². The van der Waals surface area contributed by atoms with Crippen molar-refractivity contribution in [2.75, 3.05) is 5.75 Å². The summed E-state index contributed by atoms with van der Waals surface area (Å²) in [6.07, 6.45) is 24.3. The Labute approximate surface area is 193 Å². The number of rotatable bonds is 21. The molecule has 1 aromatic carbocycles. The van der Waals surface area contributed by atoms with E-state index in [1.165, 1.54) is 108 Å². The zero-order chi connectivity index (χ0) is 21.7. The summed E-state index contributed by atoms with van der Waals surface area (Å²) in [6.45, 7) is 2.26. The van der Waals surface area contributed by atoms with Crippen molar-refractivity contribution < 1.29 is 4.79 Å². The summed E-state index contributed by atoms with van der Waals surface area (Å²) in [6, 6.07) is 8.44. The van der Waals surface area contributed by atoms with Gasteiger partial charge in [0.05, 0.1) is 0 Å². The second-order valence-electron chi connectivity index (χ2n) is 9.00. The fourth-order valence-electron chi connectivity index (χ4n) is 4.10. The molecule has 0 aliphatic rings. The van der Waals surface area contributed by atoms with E-state index in [1.807, 2.05) is 12.1 Å². The van der Waals surface area contributed by atoms with Gasteiger partial charge in [0.25, 0.3) is 0 Å². The standard InChI is InChI=1S/C28H48OS/c1-2-3-4-5-6-11-14-17-20-28(29)27-23-21-26(22-24-27)19-16-13-10-8-7-9-12-15-18-25-30/h21-24,30H,2-20,25H2,1H3. The first-order chi connectivity index (χ1) is 14.8. The Morgan fingerprint density at radius 2 is 1.10 bits per heavy atom. The number of carbonyl (C=O) groups excluding carboxylic acids is 1. The van der Waals surface area contributed by atoms with Crippen LogP contribution in [0.1, 0.15) is 138 Å². The Morgan fingerprint density at radius 1 is 0.633 bits per heavy atom. The molecule has 1 aromatic rings. The molecule has 0 N–H and O–H groups in total. The summed E-state index contributed by atoms with van der Waals surface area (Å²) in [7, 11) is 0. The first-order valence-electron chi connectivity index (χ1n) is 13.0. The minimum Gasteiger partial charge on any atom is -0.294 e. The van der Waals surface area contributed by atoms with Crippen molar-refractivity contribution in [1.82, 2.24) is 0 Å². The van der Waals surface area contributed by atoms with E-state index in [1.54, 1.807) is 0 Å². The van der Waals surface area contributed by atoms with Crippen LogP contribution < -0.4 is 0 Å². The Hall–Kier alpha value is -0.760. The number of ketones is 1. The van der Waals surface area contributed by atoms with Gasteiger partial charge in [-0.05, 0) is 37.0 Å². The Morgan fingerprint density at radius 3 is 1.63 bits per heavy atom. The maximum atomic E-state index is 12.4. The van der Waals surface area contributed by atoms with Crippen LogP contribution in [-0.4, -0.2) is 11.5 Å². The molecule has 0 atom stereocenters. The van der Waals surface area contributed by atoms with Gasteiger partial charge < -0.3 is 0 Å². The summed E-state index contributed by atoms with van der Waals surface area (Å²) < 4.78 is 0. The van der Waals surface area contributed by atoms with Gasteiger partial charge in [-0.1, -0.05) is 121 Å². The average molecular weight is 433 g/mol. The number of benzene rings is 1. The second kappa shape index (κ2) is 20.2. The van der Waals surface area contributed by atoms with E-state index in [9.17, 15) is 4.79 Å². The lowest BCUT2D eigenvalue weighted by atomic mass is 10.00. The van der Waals surface area contributed by atoms with Gasteiger partial charge in [0.15, 0.2) is 5.78 Å². The van der Waals surface area contributed by atoms with Gasteiger partial charge in [0.1, 0.15) is 0 Å². The summed E-state index contributed by atoms with van der Waals surface area (Å²) in [4.78, 5) is 12.4. The number of Topliss-reactive ketones (excluding diaryl/α,β-unsaturated/α-hetero) is 1. The van der Waals surface area contributed by atoms with Crippen LogP contribution in [0.3, 0.4) is 0 Å². The molecule has 0 unspecified atom stereocenters. The van der Waals surface area contributed by atoms with Crippen LogP contribution in [0, 0.1) is 0 Å². The lowest BCUT2D eigenvalue weighted by molar-refractivity contribution is 0.0979. The topological polar surface area (TPSA) is 17.1 Å². The molecule has 1 nitrogen and oxygen atoms in total. The molecule has 172 valence electrons. The summed E-state index contributed by atoms with van der Waals surface area (Å²) in [5, 5.41) is 0. The molecule has 0 aliphatic heterocycles. The second-order valence-corrected chi connectivity index (χ2v) is 9.45. The van der Waals surface area contributed by atoms with E-state index in [2.05, 4.69) is 31.7 Å².